The molecule has 0 aliphatic rings. The van der Waals surface area contributed by atoms with Crippen LogP contribution in [-0.2, 0) is 0 Å². The summed E-state index contributed by atoms with van der Waals surface area (Å²) in [6, 6.07) is 0.548. The number of hydrogen-bond donors (Lipinski definition) is 3. The van der Waals surface area contributed by atoms with Crippen molar-refractivity contribution in [2.45, 2.75) is 52.5 Å². The van der Waals surface area contributed by atoms with Crippen LogP contribution in [0.3, 0.4) is 0 Å². The van der Waals surface area contributed by atoms with Gasteiger partial charge in [0.05, 0.1) is 0 Å². The summed E-state index contributed by atoms with van der Waals surface area (Å²) in [6.45, 7) is 7.60. The van der Waals surface area contributed by atoms with Gasteiger partial charge in [-0.05, 0) is 25.8 Å². The van der Waals surface area contributed by atoms with Crippen LogP contribution in [0.15, 0.2) is 5.16 Å². The second-order valence-corrected chi connectivity index (χ2v) is 4.01. The summed E-state index contributed by atoms with van der Waals surface area (Å²) < 4.78 is 0. The fourth-order valence-corrected chi connectivity index (χ4v) is 1.81. The third-order valence-electron chi connectivity index (χ3n) is 2.96. The highest BCUT2D eigenvalue weighted by atomic mass is 16.4. The molecule has 0 amide bonds. The Hall–Kier alpha value is -0.770. The van der Waals surface area contributed by atoms with E-state index in [2.05, 4.69) is 31.2 Å². The maximum absolute atomic E-state index is 8.35. The Morgan fingerprint density at radius 3 is 2.47 bits per heavy atom. The first-order valence-corrected chi connectivity index (χ1v) is 5.85. The molecule has 0 aromatic carbocycles. The molecule has 90 valence electrons. The topological polar surface area (TPSA) is 70.6 Å². The Labute approximate surface area is 92.9 Å². The zero-order chi connectivity index (χ0) is 11.7. The Bertz CT molecular complexity index is 179. The Kier molecular flexibility index (Phi) is 8.09. The van der Waals surface area contributed by atoms with Gasteiger partial charge in [-0.1, -0.05) is 31.8 Å². The van der Waals surface area contributed by atoms with Crippen molar-refractivity contribution in [1.82, 2.24) is 5.32 Å². The quantitative estimate of drug-likeness (QED) is 0.190. The minimum absolute atomic E-state index is 0.312. The van der Waals surface area contributed by atoms with E-state index in [0.29, 0.717) is 18.3 Å². The molecule has 1 unspecified atom stereocenters. The van der Waals surface area contributed by atoms with Crippen LogP contribution in [0.4, 0.5) is 0 Å². The predicted molar refractivity (Wildman–Crippen MR) is 64.2 cm³/mol. The molecule has 15 heavy (non-hydrogen) atoms. The van der Waals surface area contributed by atoms with Crippen LogP contribution in [0.1, 0.15) is 46.5 Å². The van der Waals surface area contributed by atoms with Crippen molar-refractivity contribution >= 4 is 5.84 Å². The molecule has 0 aromatic rings. The molecular weight excluding hydrogens is 190 g/mol. The van der Waals surface area contributed by atoms with E-state index in [1.165, 1.54) is 12.8 Å². The monoisotopic (exact) mass is 215 g/mol. The van der Waals surface area contributed by atoms with Crippen LogP contribution in [0.25, 0.3) is 0 Å². The van der Waals surface area contributed by atoms with Gasteiger partial charge in [0, 0.05) is 12.5 Å². The number of nitrogens with one attached hydrogen (secondary N) is 1. The van der Waals surface area contributed by atoms with Crippen LogP contribution in [-0.4, -0.2) is 23.6 Å². The van der Waals surface area contributed by atoms with Gasteiger partial charge in [0.2, 0.25) is 0 Å². The van der Waals surface area contributed by atoms with Crippen molar-refractivity contribution in [3.63, 3.8) is 0 Å². The van der Waals surface area contributed by atoms with Gasteiger partial charge >= 0.3 is 0 Å². The van der Waals surface area contributed by atoms with Gasteiger partial charge in [-0.3, -0.25) is 0 Å². The van der Waals surface area contributed by atoms with E-state index in [0.717, 1.165) is 18.9 Å². The van der Waals surface area contributed by atoms with E-state index in [1.807, 2.05) is 0 Å². The Morgan fingerprint density at radius 2 is 2.00 bits per heavy atom. The fourth-order valence-electron chi connectivity index (χ4n) is 1.81. The van der Waals surface area contributed by atoms with Crippen molar-refractivity contribution in [2.75, 3.05) is 6.54 Å². The van der Waals surface area contributed by atoms with Crippen molar-refractivity contribution in [3.8, 4) is 0 Å². The average molecular weight is 215 g/mol. The molecule has 0 radical (unpaired) electrons. The second-order valence-electron chi connectivity index (χ2n) is 4.01. The SMILES string of the molecule is CCC(CC)C(C)NCCCC(N)=NO. The second kappa shape index (κ2) is 8.53. The number of rotatable bonds is 8. The Balaban J connectivity index is 3.58. The van der Waals surface area contributed by atoms with Gasteiger partial charge in [-0.15, -0.1) is 0 Å². The molecule has 0 aromatic heterocycles. The smallest absolute Gasteiger partial charge is 0.139 e. The van der Waals surface area contributed by atoms with Gasteiger partial charge in [0.1, 0.15) is 5.84 Å². The highest BCUT2D eigenvalue weighted by Gasteiger charge is 2.11. The maximum atomic E-state index is 8.35. The maximum Gasteiger partial charge on any atom is 0.139 e. The van der Waals surface area contributed by atoms with Crippen LogP contribution >= 0.6 is 0 Å². The lowest BCUT2D eigenvalue weighted by molar-refractivity contribution is 0.316. The van der Waals surface area contributed by atoms with E-state index in [1.54, 1.807) is 0 Å². The lowest BCUT2D eigenvalue weighted by atomic mass is 9.95. The Morgan fingerprint density at radius 1 is 1.40 bits per heavy atom. The molecule has 0 aliphatic carbocycles. The number of nitrogens with two attached hydrogens (primary N) is 1. The van der Waals surface area contributed by atoms with E-state index in [9.17, 15) is 0 Å². The molecule has 0 bridgehead atoms. The van der Waals surface area contributed by atoms with E-state index in [-0.39, 0.29) is 0 Å². The van der Waals surface area contributed by atoms with Crippen molar-refractivity contribution < 1.29 is 5.21 Å². The van der Waals surface area contributed by atoms with Crippen LogP contribution < -0.4 is 11.1 Å². The molecule has 0 spiro atoms. The largest absolute Gasteiger partial charge is 0.409 e. The van der Waals surface area contributed by atoms with Crippen LogP contribution in [0.5, 0.6) is 0 Å². The zero-order valence-corrected chi connectivity index (χ0v) is 10.2. The number of hydrogen-bond acceptors (Lipinski definition) is 3. The van der Waals surface area contributed by atoms with Crippen LogP contribution in [0, 0.1) is 5.92 Å². The first-order valence-electron chi connectivity index (χ1n) is 5.85. The molecule has 4 N–H and O–H groups in total. The molecule has 0 aliphatic heterocycles. The highest BCUT2D eigenvalue weighted by molar-refractivity contribution is 5.79. The summed E-state index contributed by atoms with van der Waals surface area (Å²) in [7, 11) is 0. The summed E-state index contributed by atoms with van der Waals surface area (Å²) in [5.74, 6) is 1.06. The van der Waals surface area contributed by atoms with Gasteiger partial charge in [-0.25, -0.2) is 0 Å². The third-order valence-corrected chi connectivity index (χ3v) is 2.96. The molecular formula is C11H25N3O. The summed E-state index contributed by atoms with van der Waals surface area (Å²) >= 11 is 0. The van der Waals surface area contributed by atoms with Gasteiger partial charge in [0.15, 0.2) is 0 Å². The summed E-state index contributed by atoms with van der Waals surface area (Å²) in [5.41, 5.74) is 5.37. The molecule has 4 heteroatoms. The zero-order valence-electron chi connectivity index (χ0n) is 10.2. The standard InChI is InChI=1S/C11H25N3O/c1-4-10(5-2)9(3)13-8-6-7-11(12)14-15/h9-10,13,15H,4-8H2,1-3H3,(H2,12,14). The van der Waals surface area contributed by atoms with E-state index in [4.69, 9.17) is 10.9 Å². The first kappa shape index (κ1) is 14.2. The molecule has 0 heterocycles. The fraction of sp³-hybridized carbons (Fsp3) is 0.909. The normalized spacial score (nSPS) is 14.5. The summed E-state index contributed by atoms with van der Waals surface area (Å²) in [6.07, 6.45) is 4.00. The predicted octanol–water partition coefficient (Wildman–Crippen LogP) is 1.93. The first-order chi connectivity index (χ1) is 7.15. The molecule has 0 saturated carbocycles. The van der Waals surface area contributed by atoms with Gasteiger partial charge in [-0.2, -0.15) is 0 Å². The van der Waals surface area contributed by atoms with Gasteiger partial charge < -0.3 is 16.3 Å². The van der Waals surface area contributed by atoms with Crippen molar-refractivity contribution in [3.05, 3.63) is 0 Å². The number of amidine groups is 1. The number of nitrogens with zero attached hydrogens (tertiary/aromatic N) is 1. The third kappa shape index (κ3) is 6.33. The minimum Gasteiger partial charge on any atom is -0.409 e. The van der Waals surface area contributed by atoms with Crippen LogP contribution in [0.2, 0.25) is 0 Å². The lowest BCUT2D eigenvalue weighted by Crippen LogP contribution is -2.34. The average Bonchev–Trinajstić information content (AvgIpc) is 2.25. The van der Waals surface area contributed by atoms with E-state index >= 15 is 0 Å². The van der Waals surface area contributed by atoms with Gasteiger partial charge in [0.25, 0.3) is 0 Å². The minimum atomic E-state index is 0.312. The molecule has 1 atom stereocenters. The molecule has 0 fully saturated rings. The summed E-state index contributed by atoms with van der Waals surface area (Å²) in [5, 5.41) is 14.8. The van der Waals surface area contributed by atoms with E-state index < -0.39 is 0 Å². The highest BCUT2D eigenvalue weighted by Crippen LogP contribution is 2.12. The van der Waals surface area contributed by atoms with Crippen molar-refractivity contribution in [2.24, 2.45) is 16.8 Å². The number of oxime groups is 1. The van der Waals surface area contributed by atoms with Crippen molar-refractivity contribution in [1.29, 1.82) is 0 Å². The lowest BCUT2D eigenvalue weighted by Gasteiger charge is -2.22. The molecule has 4 nitrogen and oxygen atoms in total. The molecule has 0 saturated heterocycles. The molecule has 0 rings (SSSR count). The summed E-state index contributed by atoms with van der Waals surface area (Å²) in [4.78, 5) is 0.